The molecule has 2 N–H and O–H groups in total. The second-order valence-corrected chi connectivity index (χ2v) is 10.5. The SMILES string of the molecule is COc1c(C)c2c(c(NC(=O)Nc3ccccc3)c1C/C=C(\C)CCC(=O)OCCCCN1CCOCC1)C(=O)OC2. The predicted octanol–water partition coefficient (Wildman–Crippen LogP) is 5.24. The Morgan fingerprint density at radius 1 is 1.07 bits per heavy atom. The topological polar surface area (TPSA) is 115 Å². The lowest BCUT2D eigenvalue weighted by molar-refractivity contribution is -0.143. The van der Waals surface area contributed by atoms with E-state index in [0.29, 0.717) is 53.3 Å². The van der Waals surface area contributed by atoms with Crippen molar-refractivity contribution < 1.29 is 33.3 Å². The lowest BCUT2D eigenvalue weighted by atomic mass is 9.93. The number of hydrogen-bond acceptors (Lipinski definition) is 8. The van der Waals surface area contributed by atoms with Crippen LogP contribution in [0.25, 0.3) is 0 Å². The Kier molecular flexibility index (Phi) is 11.4. The number of carbonyl (C=O) groups is 3. The molecule has 1 saturated heterocycles. The van der Waals surface area contributed by atoms with Gasteiger partial charge in [0.1, 0.15) is 12.4 Å². The molecular formula is C32H41N3O7. The van der Waals surface area contributed by atoms with Gasteiger partial charge in [0.2, 0.25) is 0 Å². The Hall–Kier alpha value is -3.89. The molecular weight excluding hydrogens is 538 g/mol. The van der Waals surface area contributed by atoms with Gasteiger partial charge < -0.3 is 29.6 Å². The number of esters is 2. The van der Waals surface area contributed by atoms with Crippen molar-refractivity contribution in [3.63, 3.8) is 0 Å². The number of carbonyl (C=O) groups excluding carboxylic acids is 3. The Balaban J connectivity index is 1.37. The van der Waals surface area contributed by atoms with E-state index in [-0.39, 0.29) is 19.0 Å². The maximum atomic E-state index is 13.0. The molecule has 2 aromatic carbocycles. The number of para-hydroxylation sites is 1. The molecule has 10 heteroatoms. The van der Waals surface area contributed by atoms with Gasteiger partial charge in [0.15, 0.2) is 0 Å². The van der Waals surface area contributed by atoms with Crippen molar-refractivity contribution in [1.82, 2.24) is 4.90 Å². The molecule has 2 aliphatic rings. The number of anilines is 2. The quantitative estimate of drug-likeness (QED) is 0.188. The van der Waals surface area contributed by atoms with Gasteiger partial charge in [-0.3, -0.25) is 9.69 Å². The third kappa shape index (κ3) is 8.33. The molecule has 2 aromatic rings. The van der Waals surface area contributed by atoms with Crippen LogP contribution in [0.2, 0.25) is 0 Å². The molecule has 0 spiro atoms. The highest BCUT2D eigenvalue weighted by atomic mass is 16.5. The van der Waals surface area contributed by atoms with Crippen LogP contribution in [0, 0.1) is 6.92 Å². The number of allylic oxidation sites excluding steroid dienone is 2. The van der Waals surface area contributed by atoms with Gasteiger partial charge in [-0.25, -0.2) is 9.59 Å². The van der Waals surface area contributed by atoms with E-state index in [0.717, 1.165) is 56.8 Å². The van der Waals surface area contributed by atoms with E-state index in [1.165, 1.54) is 0 Å². The molecule has 0 atom stereocenters. The Morgan fingerprint density at radius 3 is 2.57 bits per heavy atom. The van der Waals surface area contributed by atoms with Crippen LogP contribution in [-0.2, 0) is 32.0 Å². The van der Waals surface area contributed by atoms with Gasteiger partial charge in [-0.1, -0.05) is 29.8 Å². The fourth-order valence-electron chi connectivity index (χ4n) is 5.19. The van der Waals surface area contributed by atoms with Crippen LogP contribution in [0.4, 0.5) is 16.2 Å². The number of unbranched alkanes of at least 4 members (excludes halogenated alkanes) is 1. The number of ether oxygens (including phenoxy) is 4. The number of hydrogen-bond donors (Lipinski definition) is 2. The lowest BCUT2D eigenvalue weighted by Crippen LogP contribution is -2.36. The summed E-state index contributed by atoms with van der Waals surface area (Å²) < 4.78 is 21.9. The number of fused-ring (bicyclic) bond motifs is 1. The Bertz CT molecular complexity index is 1290. The summed E-state index contributed by atoms with van der Waals surface area (Å²) in [4.78, 5) is 40.4. The summed E-state index contributed by atoms with van der Waals surface area (Å²) in [7, 11) is 1.57. The molecule has 2 amide bonds. The maximum Gasteiger partial charge on any atom is 0.341 e. The Labute approximate surface area is 247 Å². The normalized spacial score (nSPS) is 15.1. The molecule has 2 aliphatic heterocycles. The third-order valence-electron chi connectivity index (χ3n) is 7.56. The number of rotatable bonds is 13. The van der Waals surface area contributed by atoms with E-state index in [9.17, 15) is 14.4 Å². The summed E-state index contributed by atoms with van der Waals surface area (Å²) in [6.07, 6.45) is 5.02. The minimum atomic E-state index is -0.486. The number of nitrogens with zero attached hydrogens (tertiary/aromatic N) is 1. The standard InChI is InChI=1S/C32H41N3O7/c1-22(12-14-27(36)41-18-8-7-15-35-16-19-40-20-17-35)11-13-25-29(34-32(38)33-24-9-5-4-6-10-24)28-26(21-42-31(28)37)23(2)30(25)39-3/h4-6,9-11H,7-8,12-21H2,1-3H3,(H2,33,34,38)/b22-11+. The first-order valence-electron chi connectivity index (χ1n) is 14.5. The Morgan fingerprint density at radius 2 is 1.83 bits per heavy atom. The van der Waals surface area contributed by atoms with Crippen LogP contribution in [0.15, 0.2) is 42.0 Å². The number of amides is 2. The van der Waals surface area contributed by atoms with Crippen LogP contribution < -0.4 is 15.4 Å². The molecule has 0 unspecified atom stereocenters. The lowest BCUT2D eigenvalue weighted by Gasteiger charge is -2.26. The second kappa shape index (κ2) is 15.4. The maximum absolute atomic E-state index is 13.0. The van der Waals surface area contributed by atoms with Crippen molar-refractivity contribution in [2.45, 2.75) is 52.6 Å². The van der Waals surface area contributed by atoms with Gasteiger partial charge in [-0.2, -0.15) is 0 Å². The number of morpholine rings is 1. The van der Waals surface area contributed by atoms with Gasteiger partial charge in [0.25, 0.3) is 0 Å². The van der Waals surface area contributed by atoms with Gasteiger partial charge in [0.05, 0.1) is 38.2 Å². The monoisotopic (exact) mass is 579 g/mol. The van der Waals surface area contributed by atoms with E-state index < -0.39 is 12.0 Å². The first-order valence-corrected chi connectivity index (χ1v) is 14.5. The van der Waals surface area contributed by atoms with Gasteiger partial charge in [-0.15, -0.1) is 0 Å². The van der Waals surface area contributed by atoms with Crippen LogP contribution >= 0.6 is 0 Å². The smallest absolute Gasteiger partial charge is 0.341 e. The molecule has 0 saturated carbocycles. The van der Waals surface area contributed by atoms with E-state index in [4.69, 9.17) is 18.9 Å². The summed E-state index contributed by atoms with van der Waals surface area (Å²) >= 11 is 0. The predicted molar refractivity (Wildman–Crippen MR) is 160 cm³/mol. The molecule has 226 valence electrons. The molecule has 2 heterocycles. The van der Waals surface area contributed by atoms with E-state index in [1.807, 2.05) is 38.1 Å². The molecule has 10 nitrogen and oxygen atoms in total. The molecule has 0 radical (unpaired) electrons. The molecule has 4 rings (SSSR count). The van der Waals surface area contributed by atoms with Crippen molar-refractivity contribution in [2.24, 2.45) is 0 Å². The minimum Gasteiger partial charge on any atom is -0.496 e. The largest absolute Gasteiger partial charge is 0.496 e. The fraction of sp³-hybridized carbons (Fsp3) is 0.469. The number of nitrogens with one attached hydrogen (secondary N) is 2. The zero-order valence-electron chi connectivity index (χ0n) is 24.8. The van der Waals surface area contributed by atoms with Crippen LogP contribution in [0.1, 0.15) is 59.7 Å². The average Bonchev–Trinajstić information content (AvgIpc) is 3.39. The highest BCUT2D eigenvalue weighted by Gasteiger charge is 2.32. The summed E-state index contributed by atoms with van der Waals surface area (Å²) in [5.74, 6) is -0.120. The molecule has 1 fully saturated rings. The van der Waals surface area contributed by atoms with Crippen LogP contribution in [0.5, 0.6) is 5.75 Å². The van der Waals surface area contributed by atoms with Crippen molar-refractivity contribution in [2.75, 3.05) is 57.2 Å². The fourth-order valence-corrected chi connectivity index (χ4v) is 5.19. The molecule has 42 heavy (non-hydrogen) atoms. The summed E-state index contributed by atoms with van der Waals surface area (Å²) in [6, 6.07) is 8.57. The number of benzene rings is 2. The van der Waals surface area contributed by atoms with E-state index in [1.54, 1.807) is 19.2 Å². The zero-order valence-corrected chi connectivity index (χ0v) is 24.8. The number of methoxy groups -OCH3 is 1. The molecule has 0 aliphatic carbocycles. The van der Waals surface area contributed by atoms with Crippen molar-refractivity contribution in [1.29, 1.82) is 0 Å². The van der Waals surface area contributed by atoms with Crippen molar-refractivity contribution in [3.8, 4) is 5.75 Å². The zero-order chi connectivity index (χ0) is 29.9. The van der Waals surface area contributed by atoms with E-state index in [2.05, 4.69) is 15.5 Å². The van der Waals surface area contributed by atoms with Crippen molar-refractivity contribution in [3.05, 3.63) is 64.2 Å². The van der Waals surface area contributed by atoms with E-state index >= 15 is 0 Å². The van der Waals surface area contributed by atoms with Gasteiger partial charge in [-0.05, 0) is 63.8 Å². The highest BCUT2D eigenvalue weighted by Crippen LogP contribution is 2.41. The number of urea groups is 1. The van der Waals surface area contributed by atoms with Crippen LogP contribution in [-0.4, -0.2) is 69.4 Å². The van der Waals surface area contributed by atoms with Crippen molar-refractivity contribution >= 4 is 29.3 Å². The highest BCUT2D eigenvalue weighted by molar-refractivity contribution is 6.08. The minimum absolute atomic E-state index is 0.121. The first-order chi connectivity index (χ1) is 20.4. The van der Waals surface area contributed by atoms with Crippen LogP contribution in [0.3, 0.4) is 0 Å². The summed E-state index contributed by atoms with van der Waals surface area (Å²) in [5.41, 5.74) is 4.47. The van der Waals surface area contributed by atoms with Gasteiger partial charge >= 0.3 is 18.0 Å². The van der Waals surface area contributed by atoms with Gasteiger partial charge in [0, 0.05) is 36.3 Å². The third-order valence-corrected chi connectivity index (χ3v) is 7.56. The summed E-state index contributed by atoms with van der Waals surface area (Å²) in [5, 5.41) is 5.67. The molecule has 0 bridgehead atoms. The number of cyclic esters (lactones) is 1. The first kappa shape index (κ1) is 31.1. The molecule has 0 aromatic heterocycles. The second-order valence-electron chi connectivity index (χ2n) is 10.5. The average molecular weight is 580 g/mol. The summed E-state index contributed by atoms with van der Waals surface area (Å²) in [6.45, 7) is 8.87.